The Bertz CT molecular complexity index is 911. The zero-order valence-corrected chi connectivity index (χ0v) is 13.3. The molecule has 2 aromatic carbocycles. The second-order valence-electron chi connectivity index (χ2n) is 6.31. The van der Waals surface area contributed by atoms with E-state index in [4.69, 9.17) is 4.42 Å². The van der Waals surface area contributed by atoms with Gasteiger partial charge < -0.3 is 9.73 Å². The van der Waals surface area contributed by atoms with Crippen LogP contribution in [0.2, 0.25) is 0 Å². The fourth-order valence-corrected chi connectivity index (χ4v) is 3.31. The smallest absolute Gasteiger partial charge is 0.235 e. The van der Waals surface area contributed by atoms with Gasteiger partial charge >= 0.3 is 0 Å². The molecule has 0 aliphatic heterocycles. The Morgan fingerprint density at radius 3 is 2.62 bits per heavy atom. The Hall–Kier alpha value is -2.69. The number of nitrogens with one attached hydrogen (secondary N) is 1. The summed E-state index contributed by atoms with van der Waals surface area (Å²) in [5.74, 6) is 0.242. The largest absolute Gasteiger partial charge is 0.441 e. The number of oxazole rings is 1. The van der Waals surface area contributed by atoms with Gasteiger partial charge in [-0.25, -0.2) is 9.37 Å². The summed E-state index contributed by atoms with van der Waals surface area (Å²) in [5.41, 5.74) is 2.39. The van der Waals surface area contributed by atoms with Crippen LogP contribution < -0.4 is 5.32 Å². The number of carbonyl (C=O) groups is 1. The van der Waals surface area contributed by atoms with E-state index in [0.717, 1.165) is 30.3 Å². The van der Waals surface area contributed by atoms with Gasteiger partial charge in [-0.2, -0.15) is 0 Å². The molecule has 0 saturated heterocycles. The van der Waals surface area contributed by atoms with Gasteiger partial charge in [-0.3, -0.25) is 4.79 Å². The van der Waals surface area contributed by atoms with E-state index in [1.54, 1.807) is 25.1 Å². The topological polar surface area (TPSA) is 55.1 Å². The van der Waals surface area contributed by atoms with Gasteiger partial charge in [0.15, 0.2) is 11.5 Å². The van der Waals surface area contributed by atoms with Crippen LogP contribution in [-0.4, -0.2) is 10.9 Å². The van der Waals surface area contributed by atoms with Crippen LogP contribution in [0.5, 0.6) is 0 Å². The van der Waals surface area contributed by atoms with Crippen molar-refractivity contribution in [3.05, 3.63) is 59.7 Å². The van der Waals surface area contributed by atoms with Crippen LogP contribution in [0.25, 0.3) is 11.1 Å². The minimum atomic E-state index is -0.569. The van der Waals surface area contributed by atoms with Crippen molar-refractivity contribution in [2.75, 3.05) is 5.32 Å². The van der Waals surface area contributed by atoms with Crippen molar-refractivity contribution in [2.45, 2.75) is 31.6 Å². The maximum absolute atomic E-state index is 13.2. The number of aromatic nitrogens is 1. The van der Waals surface area contributed by atoms with Gasteiger partial charge in [0.1, 0.15) is 11.3 Å². The van der Waals surface area contributed by atoms with Gasteiger partial charge in [-0.1, -0.05) is 18.6 Å². The van der Waals surface area contributed by atoms with Crippen molar-refractivity contribution in [3.8, 4) is 0 Å². The first-order valence-corrected chi connectivity index (χ1v) is 8.02. The van der Waals surface area contributed by atoms with Crippen LogP contribution in [0.15, 0.2) is 46.9 Å². The number of rotatable bonds is 3. The van der Waals surface area contributed by atoms with Crippen molar-refractivity contribution in [2.24, 2.45) is 0 Å². The van der Waals surface area contributed by atoms with Crippen molar-refractivity contribution < 1.29 is 13.6 Å². The van der Waals surface area contributed by atoms with E-state index < -0.39 is 5.41 Å². The Labute approximate surface area is 138 Å². The van der Waals surface area contributed by atoms with Gasteiger partial charge in [0.2, 0.25) is 5.91 Å². The van der Waals surface area contributed by atoms with Crippen LogP contribution in [0.1, 0.15) is 30.7 Å². The van der Waals surface area contributed by atoms with Crippen LogP contribution >= 0.6 is 0 Å². The highest BCUT2D eigenvalue weighted by atomic mass is 19.1. The molecule has 24 heavy (non-hydrogen) atoms. The highest BCUT2D eigenvalue weighted by Crippen LogP contribution is 2.44. The highest BCUT2D eigenvalue weighted by Gasteiger charge is 2.45. The van der Waals surface area contributed by atoms with Gasteiger partial charge in [-0.15, -0.1) is 0 Å². The van der Waals surface area contributed by atoms with E-state index in [-0.39, 0.29) is 11.7 Å². The Morgan fingerprint density at radius 2 is 1.96 bits per heavy atom. The molecule has 0 bridgehead atoms. The van der Waals surface area contributed by atoms with E-state index in [1.165, 1.54) is 12.1 Å². The number of aryl methyl sites for hydroxylation is 1. The second-order valence-corrected chi connectivity index (χ2v) is 6.31. The van der Waals surface area contributed by atoms with Crippen LogP contribution in [0.4, 0.5) is 10.1 Å². The molecule has 0 atom stereocenters. The summed E-state index contributed by atoms with van der Waals surface area (Å²) in [6.45, 7) is 1.79. The molecule has 5 heteroatoms. The summed E-state index contributed by atoms with van der Waals surface area (Å²) in [6, 6.07) is 11.7. The molecule has 1 aliphatic carbocycles. The third-order valence-electron chi connectivity index (χ3n) is 4.79. The van der Waals surface area contributed by atoms with Gasteiger partial charge in [0.25, 0.3) is 0 Å². The molecule has 1 saturated carbocycles. The minimum Gasteiger partial charge on any atom is -0.441 e. The second kappa shape index (κ2) is 5.44. The number of anilines is 1. The molecule has 0 spiro atoms. The predicted octanol–water partition coefficient (Wildman–Crippen LogP) is 4.34. The molecule has 1 fully saturated rings. The number of hydrogen-bond donors (Lipinski definition) is 1. The van der Waals surface area contributed by atoms with Crippen molar-refractivity contribution in [1.29, 1.82) is 0 Å². The molecular formula is C19H17FN2O2. The van der Waals surface area contributed by atoms with Crippen LogP contribution in [0.3, 0.4) is 0 Å². The summed E-state index contributed by atoms with van der Waals surface area (Å²) in [7, 11) is 0. The highest BCUT2D eigenvalue weighted by molar-refractivity contribution is 6.00. The first-order chi connectivity index (χ1) is 11.6. The number of amides is 1. The number of carbonyl (C=O) groups excluding carboxylic acids is 1. The molecule has 0 unspecified atom stereocenters. The number of nitrogens with zero attached hydrogens (tertiary/aromatic N) is 1. The predicted molar refractivity (Wildman–Crippen MR) is 89.3 cm³/mol. The van der Waals surface area contributed by atoms with E-state index in [0.29, 0.717) is 17.2 Å². The van der Waals surface area contributed by atoms with Crippen LogP contribution in [0, 0.1) is 12.7 Å². The molecule has 122 valence electrons. The molecule has 3 aromatic rings. The molecule has 1 amide bonds. The SMILES string of the molecule is Cc1nc2ccc(NC(=O)C3(c4ccc(F)cc4)CCC3)cc2o1. The zero-order chi connectivity index (χ0) is 16.7. The molecule has 1 heterocycles. The summed E-state index contributed by atoms with van der Waals surface area (Å²) in [6.07, 6.45) is 2.54. The Balaban J connectivity index is 1.62. The van der Waals surface area contributed by atoms with E-state index in [1.807, 2.05) is 12.1 Å². The fourth-order valence-electron chi connectivity index (χ4n) is 3.31. The molecule has 4 rings (SSSR count). The fraction of sp³-hybridized carbons (Fsp3) is 0.263. The summed E-state index contributed by atoms with van der Waals surface area (Å²) in [5, 5.41) is 2.98. The molecule has 1 aliphatic rings. The third-order valence-corrected chi connectivity index (χ3v) is 4.79. The lowest BCUT2D eigenvalue weighted by Crippen LogP contribution is -2.46. The molecule has 0 radical (unpaired) electrons. The maximum atomic E-state index is 13.2. The molecule has 1 aromatic heterocycles. The van der Waals surface area contributed by atoms with E-state index in [9.17, 15) is 9.18 Å². The number of fused-ring (bicyclic) bond motifs is 1. The van der Waals surface area contributed by atoms with Crippen LogP contribution in [-0.2, 0) is 10.2 Å². The van der Waals surface area contributed by atoms with Gasteiger partial charge in [-0.05, 0) is 42.7 Å². The standard InChI is InChI=1S/C19H17FN2O2/c1-12-21-16-8-7-15(11-17(16)24-12)22-18(23)19(9-2-10-19)13-3-5-14(20)6-4-13/h3-8,11H,2,9-10H2,1H3,(H,22,23). The van der Waals surface area contributed by atoms with E-state index in [2.05, 4.69) is 10.3 Å². The van der Waals surface area contributed by atoms with Crippen molar-refractivity contribution in [3.63, 3.8) is 0 Å². The van der Waals surface area contributed by atoms with Gasteiger partial charge in [0.05, 0.1) is 5.41 Å². The molecule has 1 N–H and O–H groups in total. The average Bonchev–Trinajstić information content (AvgIpc) is 2.87. The first-order valence-electron chi connectivity index (χ1n) is 8.02. The summed E-state index contributed by atoms with van der Waals surface area (Å²) in [4.78, 5) is 17.1. The number of halogens is 1. The summed E-state index contributed by atoms with van der Waals surface area (Å²) >= 11 is 0. The van der Waals surface area contributed by atoms with Crippen molar-refractivity contribution >= 4 is 22.7 Å². The normalized spacial score (nSPS) is 15.9. The minimum absolute atomic E-state index is 0.0593. The molecular weight excluding hydrogens is 307 g/mol. The first kappa shape index (κ1) is 14.9. The molecule has 4 nitrogen and oxygen atoms in total. The quantitative estimate of drug-likeness (QED) is 0.780. The monoisotopic (exact) mass is 324 g/mol. The lowest BCUT2D eigenvalue weighted by atomic mass is 9.64. The lowest BCUT2D eigenvalue weighted by molar-refractivity contribution is -0.124. The Kier molecular flexibility index (Phi) is 3.37. The van der Waals surface area contributed by atoms with Crippen molar-refractivity contribution in [1.82, 2.24) is 4.98 Å². The zero-order valence-electron chi connectivity index (χ0n) is 13.3. The lowest BCUT2D eigenvalue weighted by Gasteiger charge is -2.40. The average molecular weight is 324 g/mol. The number of benzene rings is 2. The maximum Gasteiger partial charge on any atom is 0.235 e. The van der Waals surface area contributed by atoms with Gasteiger partial charge in [0, 0.05) is 18.7 Å². The Morgan fingerprint density at radius 1 is 1.21 bits per heavy atom. The number of hydrogen-bond acceptors (Lipinski definition) is 3. The van der Waals surface area contributed by atoms with E-state index >= 15 is 0 Å². The summed E-state index contributed by atoms with van der Waals surface area (Å²) < 4.78 is 18.7. The third kappa shape index (κ3) is 2.37.